The summed E-state index contributed by atoms with van der Waals surface area (Å²) in [6, 6.07) is 14.1. The van der Waals surface area contributed by atoms with E-state index in [1.165, 1.54) is 23.8 Å². The number of hydrogen-bond acceptors (Lipinski definition) is 1. The van der Waals surface area contributed by atoms with Gasteiger partial charge >= 0.3 is 0 Å². The zero-order valence-electron chi connectivity index (χ0n) is 10.8. The van der Waals surface area contributed by atoms with Gasteiger partial charge in [-0.25, -0.2) is 4.39 Å². The van der Waals surface area contributed by atoms with Crippen molar-refractivity contribution in [3.63, 3.8) is 0 Å². The first-order valence-corrected chi connectivity index (χ1v) is 6.25. The Bertz CT molecular complexity index is 566. The highest BCUT2D eigenvalue weighted by Crippen LogP contribution is 2.09. The summed E-state index contributed by atoms with van der Waals surface area (Å²) in [6.45, 7) is 2.30. The van der Waals surface area contributed by atoms with Crippen LogP contribution >= 0.6 is 0 Å². The molecule has 0 aliphatic carbocycles. The zero-order valence-corrected chi connectivity index (χ0v) is 10.8. The molecule has 0 radical (unpaired) electrons. The van der Waals surface area contributed by atoms with Crippen LogP contribution in [0.25, 0.3) is 0 Å². The molecule has 0 aromatic heterocycles. The molecule has 2 aromatic carbocycles. The van der Waals surface area contributed by atoms with Gasteiger partial charge in [-0.05, 0) is 42.7 Å². The molecule has 2 rings (SSSR count). The number of carbonyl (C=O) groups excluding carboxylic acids is 1. The van der Waals surface area contributed by atoms with Crippen molar-refractivity contribution in [1.82, 2.24) is 5.32 Å². The summed E-state index contributed by atoms with van der Waals surface area (Å²) >= 11 is 0. The van der Waals surface area contributed by atoms with Gasteiger partial charge in [-0.2, -0.15) is 0 Å². The molecule has 0 heterocycles. The predicted molar refractivity (Wildman–Crippen MR) is 73.6 cm³/mol. The van der Waals surface area contributed by atoms with Gasteiger partial charge in [0, 0.05) is 12.1 Å². The van der Waals surface area contributed by atoms with Gasteiger partial charge in [0.05, 0.1) is 0 Å². The summed E-state index contributed by atoms with van der Waals surface area (Å²) in [5.41, 5.74) is 2.35. The van der Waals surface area contributed by atoms with Gasteiger partial charge in [0.2, 0.25) is 0 Å². The number of nitrogens with one attached hydrogen (secondary N) is 1. The number of aryl methyl sites for hydroxylation is 1. The summed E-state index contributed by atoms with van der Waals surface area (Å²) in [4.78, 5) is 11.9. The number of rotatable bonds is 4. The fourth-order valence-corrected chi connectivity index (χ4v) is 1.94. The molecule has 0 saturated heterocycles. The first-order valence-electron chi connectivity index (χ1n) is 6.25. The lowest BCUT2D eigenvalue weighted by Gasteiger charge is -2.07. The maximum absolute atomic E-state index is 13.0. The molecule has 1 N–H and O–H groups in total. The number of halogens is 1. The fourth-order valence-electron chi connectivity index (χ4n) is 1.94. The second-order valence-electron chi connectivity index (χ2n) is 4.45. The fraction of sp³-hybridized carbons (Fsp3) is 0.188. The second-order valence-corrected chi connectivity index (χ2v) is 4.45. The van der Waals surface area contributed by atoms with Gasteiger partial charge in [0.1, 0.15) is 5.82 Å². The largest absolute Gasteiger partial charge is 0.352 e. The molecule has 0 bridgehead atoms. The first-order chi connectivity index (χ1) is 9.16. The highest BCUT2D eigenvalue weighted by Gasteiger charge is 2.08. The van der Waals surface area contributed by atoms with Crippen LogP contribution in [0.2, 0.25) is 0 Å². The molecule has 2 aromatic rings. The Balaban J connectivity index is 1.91. The minimum atomic E-state index is -0.321. The molecule has 0 aliphatic heterocycles. The van der Waals surface area contributed by atoms with E-state index in [-0.39, 0.29) is 11.7 Å². The number of hydrogen-bond donors (Lipinski definition) is 1. The molecular weight excluding hydrogens is 241 g/mol. The molecule has 0 spiro atoms. The molecule has 0 atom stereocenters. The van der Waals surface area contributed by atoms with Gasteiger partial charge < -0.3 is 5.32 Å². The zero-order chi connectivity index (χ0) is 13.7. The Hall–Kier alpha value is -2.16. The Morgan fingerprint density at radius 2 is 1.89 bits per heavy atom. The highest BCUT2D eigenvalue weighted by atomic mass is 19.1. The molecule has 19 heavy (non-hydrogen) atoms. The lowest BCUT2D eigenvalue weighted by Crippen LogP contribution is -2.26. The monoisotopic (exact) mass is 257 g/mol. The van der Waals surface area contributed by atoms with Crippen molar-refractivity contribution < 1.29 is 9.18 Å². The normalized spacial score (nSPS) is 10.2. The lowest BCUT2D eigenvalue weighted by molar-refractivity contribution is 0.0953. The van der Waals surface area contributed by atoms with Crippen LogP contribution in [0, 0.1) is 12.7 Å². The van der Waals surface area contributed by atoms with Gasteiger partial charge in [-0.1, -0.05) is 30.3 Å². The molecule has 3 heteroatoms. The number of benzene rings is 2. The van der Waals surface area contributed by atoms with E-state index in [1.807, 2.05) is 30.3 Å². The van der Waals surface area contributed by atoms with Gasteiger partial charge in [-0.3, -0.25) is 4.79 Å². The third kappa shape index (κ3) is 3.65. The van der Waals surface area contributed by atoms with Crippen LogP contribution in [0.5, 0.6) is 0 Å². The maximum Gasteiger partial charge on any atom is 0.251 e. The van der Waals surface area contributed by atoms with E-state index in [1.54, 1.807) is 6.92 Å². The van der Waals surface area contributed by atoms with Crippen molar-refractivity contribution >= 4 is 5.91 Å². The van der Waals surface area contributed by atoms with Crippen LogP contribution in [0.4, 0.5) is 4.39 Å². The average Bonchev–Trinajstić information content (AvgIpc) is 2.39. The second kappa shape index (κ2) is 6.14. The Kier molecular flexibility index (Phi) is 4.29. The maximum atomic E-state index is 13.0. The summed E-state index contributed by atoms with van der Waals surface area (Å²) in [6.07, 6.45) is 0.785. The summed E-state index contributed by atoms with van der Waals surface area (Å²) in [7, 11) is 0. The Morgan fingerprint density at radius 3 is 2.58 bits per heavy atom. The Morgan fingerprint density at radius 1 is 1.16 bits per heavy atom. The van der Waals surface area contributed by atoms with E-state index in [9.17, 15) is 9.18 Å². The third-order valence-corrected chi connectivity index (χ3v) is 2.98. The molecular formula is C16H16FNO. The molecule has 0 aliphatic rings. The van der Waals surface area contributed by atoms with Crippen LogP contribution in [0.15, 0.2) is 48.5 Å². The van der Waals surface area contributed by atoms with Crippen molar-refractivity contribution in [2.24, 2.45) is 0 Å². The Labute approximate surface area is 112 Å². The van der Waals surface area contributed by atoms with E-state index in [2.05, 4.69) is 5.32 Å². The molecule has 0 fully saturated rings. The summed E-state index contributed by atoms with van der Waals surface area (Å²) in [5, 5.41) is 2.85. The quantitative estimate of drug-likeness (QED) is 0.896. The van der Waals surface area contributed by atoms with E-state index < -0.39 is 0 Å². The van der Waals surface area contributed by atoms with Gasteiger partial charge in [-0.15, -0.1) is 0 Å². The van der Waals surface area contributed by atoms with Crippen molar-refractivity contribution in [2.45, 2.75) is 13.3 Å². The molecule has 98 valence electrons. The van der Waals surface area contributed by atoms with Crippen LogP contribution < -0.4 is 5.32 Å². The van der Waals surface area contributed by atoms with Gasteiger partial charge in [0.25, 0.3) is 5.91 Å². The van der Waals surface area contributed by atoms with E-state index in [0.29, 0.717) is 17.7 Å². The number of amides is 1. The van der Waals surface area contributed by atoms with Crippen LogP contribution in [0.3, 0.4) is 0 Å². The summed E-state index contributed by atoms with van der Waals surface area (Å²) < 4.78 is 13.0. The standard InChI is InChI=1S/C16H16FNO/c1-12-11-14(17)7-8-15(12)16(19)18-10-9-13-5-3-2-4-6-13/h2-8,11H,9-10H2,1H3,(H,18,19). The van der Waals surface area contributed by atoms with Crippen LogP contribution in [-0.4, -0.2) is 12.5 Å². The van der Waals surface area contributed by atoms with E-state index in [0.717, 1.165) is 6.42 Å². The lowest BCUT2D eigenvalue weighted by atomic mass is 10.1. The molecule has 0 saturated carbocycles. The first kappa shape index (κ1) is 13.3. The van der Waals surface area contributed by atoms with Crippen molar-refractivity contribution in [3.8, 4) is 0 Å². The van der Waals surface area contributed by atoms with Crippen molar-refractivity contribution in [1.29, 1.82) is 0 Å². The van der Waals surface area contributed by atoms with E-state index in [4.69, 9.17) is 0 Å². The van der Waals surface area contributed by atoms with Crippen LogP contribution in [-0.2, 0) is 6.42 Å². The average molecular weight is 257 g/mol. The smallest absolute Gasteiger partial charge is 0.251 e. The van der Waals surface area contributed by atoms with Crippen molar-refractivity contribution in [2.75, 3.05) is 6.54 Å². The molecule has 2 nitrogen and oxygen atoms in total. The predicted octanol–water partition coefficient (Wildman–Crippen LogP) is 3.11. The van der Waals surface area contributed by atoms with Crippen molar-refractivity contribution in [3.05, 3.63) is 71.0 Å². The van der Waals surface area contributed by atoms with E-state index >= 15 is 0 Å². The molecule has 0 unspecified atom stereocenters. The SMILES string of the molecule is Cc1cc(F)ccc1C(=O)NCCc1ccccc1. The number of carbonyl (C=O) groups is 1. The topological polar surface area (TPSA) is 29.1 Å². The highest BCUT2D eigenvalue weighted by molar-refractivity contribution is 5.95. The third-order valence-electron chi connectivity index (χ3n) is 2.98. The van der Waals surface area contributed by atoms with Crippen LogP contribution in [0.1, 0.15) is 21.5 Å². The minimum Gasteiger partial charge on any atom is -0.352 e. The summed E-state index contributed by atoms with van der Waals surface area (Å²) in [5.74, 6) is -0.480. The van der Waals surface area contributed by atoms with Gasteiger partial charge in [0.15, 0.2) is 0 Å². The molecule has 1 amide bonds. The minimum absolute atomic E-state index is 0.159.